The molecule has 0 bridgehead atoms. The lowest BCUT2D eigenvalue weighted by atomic mass is 9.62. The maximum absolute atomic E-state index is 12.5. The molecule has 0 aliphatic carbocycles. The van der Waals surface area contributed by atoms with Crippen molar-refractivity contribution in [3.8, 4) is 0 Å². The van der Waals surface area contributed by atoms with Crippen molar-refractivity contribution in [1.82, 2.24) is 0 Å². The summed E-state index contributed by atoms with van der Waals surface area (Å²) in [7, 11) is 0. The quantitative estimate of drug-likeness (QED) is 0.497. The summed E-state index contributed by atoms with van der Waals surface area (Å²) >= 11 is 0. The summed E-state index contributed by atoms with van der Waals surface area (Å²) in [5.41, 5.74) is -1.26. The molecule has 0 rings (SSSR count). The number of hydrogen-bond acceptors (Lipinski definition) is 4. The van der Waals surface area contributed by atoms with Gasteiger partial charge in [-0.3, -0.25) is 4.89 Å². The van der Waals surface area contributed by atoms with Crippen LogP contribution in [0.2, 0.25) is 0 Å². The van der Waals surface area contributed by atoms with Crippen molar-refractivity contribution in [2.45, 2.75) is 86.7 Å². The molecule has 0 aromatic rings. The van der Waals surface area contributed by atoms with Crippen LogP contribution in [0.15, 0.2) is 0 Å². The fourth-order valence-electron chi connectivity index (χ4n) is 2.34. The molecule has 20 heavy (non-hydrogen) atoms. The van der Waals surface area contributed by atoms with Gasteiger partial charge in [0.05, 0.1) is 11.0 Å². The summed E-state index contributed by atoms with van der Waals surface area (Å²) in [6.45, 7) is 15.8. The van der Waals surface area contributed by atoms with Crippen LogP contribution in [0.1, 0.15) is 81.1 Å². The lowest BCUT2D eigenvalue weighted by Crippen LogP contribution is -2.44. The van der Waals surface area contributed by atoms with Crippen molar-refractivity contribution in [3.05, 3.63) is 0 Å². The van der Waals surface area contributed by atoms with Crippen molar-refractivity contribution in [2.75, 3.05) is 0 Å². The Bertz CT molecular complexity index is 299. The van der Waals surface area contributed by atoms with E-state index < -0.39 is 11.0 Å². The van der Waals surface area contributed by atoms with Gasteiger partial charge < -0.3 is 0 Å². The third-order valence-electron chi connectivity index (χ3n) is 3.78. The molecular formula is C16H32O4. The first-order valence-corrected chi connectivity index (χ1v) is 7.57. The topological polar surface area (TPSA) is 44.8 Å². The van der Waals surface area contributed by atoms with Gasteiger partial charge in [-0.1, -0.05) is 47.5 Å². The Labute approximate surface area is 124 Å². The molecule has 0 spiro atoms. The van der Waals surface area contributed by atoms with Crippen LogP contribution < -0.4 is 0 Å². The van der Waals surface area contributed by atoms with Gasteiger partial charge in [-0.25, -0.2) is 4.79 Å². The second-order valence-corrected chi connectivity index (χ2v) is 7.42. The van der Waals surface area contributed by atoms with Gasteiger partial charge in [0.2, 0.25) is 0 Å². The highest BCUT2D eigenvalue weighted by molar-refractivity contribution is 5.77. The first-order chi connectivity index (χ1) is 9.00. The minimum absolute atomic E-state index is 0.195. The minimum Gasteiger partial charge on any atom is -0.268 e. The van der Waals surface area contributed by atoms with Gasteiger partial charge in [0.25, 0.3) is 0 Å². The first kappa shape index (κ1) is 19.4. The standard InChI is InChI=1S/C16H32O4/c1-9-11-12-16(10-2,14(3,4)5)13(17)18-20-19-15(6,7)8/h9-12H2,1-8H3. The van der Waals surface area contributed by atoms with Crippen molar-refractivity contribution < 1.29 is 19.6 Å². The summed E-state index contributed by atoms with van der Waals surface area (Å²) in [6, 6.07) is 0. The van der Waals surface area contributed by atoms with E-state index in [-0.39, 0.29) is 11.4 Å². The number of rotatable bonds is 7. The van der Waals surface area contributed by atoms with Crippen LogP contribution in [0.4, 0.5) is 0 Å². The van der Waals surface area contributed by atoms with Crippen LogP contribution in [0.25, 0.3) is 0 Å². The predicted molar refractivity (Wildman–Crippen MR) is 79.7 cm³/mol. The maximum Gasteiger partial charge on any atom is 0.352 e. The maximum atomic E-state index is 12.5. The van der Waals surface area contributed by atoms with Crippen LogP contribution in [-0.2, 0) is 19.6 Å². The average molecular weight is 288 g/mol. The van der Waals surface area contributed by atoms with Crippen molar-refractivity contribution in [1.29, 1.82) is 0 Å². The third-order valence-corrected chi connectivity index (χ3v) is 3.78. The van der Waals surface area contributed by atoms with Gasteiger partial charge >= 0.3 is 5.97 Å². The van der Waals surface area contributed by atoms with Crippen LogP contribution in [0.3, 0.4) is 0 Å². The molecule has 1 unspecified atom stereocenters. The average Bonchev–Trinajstić information content (AvgIpc) is 2.27. The Balaban J connectivity index is 4.89. The second kappa shape index (κ2) is 7.41. The van der Waals surface area contributed by atoms with Crippen LogP contribution in [0, 0.1) is 10.8 Å². The van der Waals surface area contributed by atoms with E-state index in [1.807, 2.05) is 27.7 Å². The summed E-state index contributed by atoms with van der Waals surface area (Å²) < 4.78 is 0. The van der Waals surface area contributed by atoms with Gasteiger partial charge in [0.1, 0.15) is 0 Å². The van der Waals surface area contributed by atoms with Gasteiger partial charge in [-0.15, -0.1) is 0 Å². The van der Waals surface area contributed by atoms with E-state index in [4.69, 9.17) is 14.8 Å². The van der Waals surface area contributed by atoms with Crippen LogP contribution >= 0.6 is 0 Å². The summed E-state index contributed by atoms with van der Waals surface area (Å²) in [5.74, 6) is -0.342. The molecule has 0 radical (unpaired) electrons. The van der Waals surface area contributed by atoms with Crippen molar-refractivity contribution >= 4 is 5.97 Å². The van der Waals surface area contributed by atoms with Crippen molar-refractivity contribution in [2.24, 2.45) is 10.8 Å². The zero-order valence-corrected chi connectivity index (χ0v) is 14.5. The molecule has 0 heterocycles. The molecule has 0 aromatic heterocycles. The fraction of sp³-hybridized carbons (Fsp3) is 0.938. The zero-order chi connectivity index (χ0) is 16.0. The normalized spacial score (nSPS) is 15.8. The molecule has 0 amide bonds. The number of unbranched alkanes of at least 4 members (excludes halogenated alkanes) is 1. The van der Waals surface area contributed by atoms with E-state index in [2.05, 4.69) is 27.7 Å². The predicted octanol–water partition coefficient (Wildman–Crippen LogP) is 4.82. The Hall–Kier alpha value is -0.610. The van der Waals surface area contributed by atoms with Gasteiger partial charge in [0, 0.05) is 0 Å². The van der Waals surface area contributed by atoms with E-state index in [9.17, 15) is 4.79 Å². The Kier molecular flexibility index (Phi) is 7.19. The molecule has 0 N–H and O–H groups in total. The summed E-state index contributed by atoms with van der Waals surface area (Å²) in [5, 5.41) is 4.69. The SMILES string of the molecule is CCCCC(CC)(C(=O)OOOC(C)(C)C)C(C)(C)C. The number of hydrogen-bond donors (Lipinski definition) is 0. The summed E-state index contributed by atoms with van der Waals surface area (Å²) in [6.07, 6.45) is 3.54. The molecule has 1 atom stereocenters. The minimum atomic E-state index is -0.551. The van der Waals surface area contributed by atoms with E-state index in [1.165, 1.54) is 0 Å². The highest BCUT2D eigenvalue weighted by atomic mass is 17.5. The Morgan fingerprint density at radius 1 is 1.00 bits per heavy atom. The molecule has 0 fully saturated rings. The fourth-order valence-corrected chi connectivity index (χ4v) is 2.34. The van der Waals surface area contributed by atoms with Gasteiger partial charge in [-0.2, -0.15) is 4.89 Å². The molecule has 0 aromatic carbocycles. The van der Waals surface area contributed by atoms with Gasteiger partial charge in [-0.05, 0) is 44.1 Å². The number of carbonyl (C=O) groups excluding carboxylic acids is 1. The summed E-state index contributed by atoms with van der Waals surface area (Å²) in [4.78, 5) is 22.5. The van der Waals surface area contributed by atoms with E-state index in [0.29, 0.717) is 6.42 Å². The molecule has 4 heteroatoms. The van der Waals surface area contributed by atoms with E-state index >= 15 is 0 Å². The lowest BCUT2D eigenvalue weighted by molar-refractivity contribution is -0.517. The van der Waals surface area contributed by atoms with Gasteiger partial charge in [0.15, 0.2) is 0 Å². The van der Waals surface area contributed by atoms with Crippen LogP contribution in [0.5, 0.6) is 0 Å². The van der Waals surface area contributed by atoms with E-state index in [0.717, 1.165) is 19.3 Å². The first-order valence-electron chi connectivity index (χ1n) is 7.57. The highest BCUT2D eigenvalue weighted by Crippen LogP contribution is 2.46. The highest BCUT2D eigenvalue weighted by Gasteiger charge is 2.48. The lowest BCUT2D eigenvalue weighted by Gasteiger charge is -2.41. The second-order valence-electron chi connectivity index (χ2n) is 7.42. The Morgan fingerprint density at radius 3 is 1.90 bits per heavy atom. The molecule has 0 aliphatic heterocycles. The third kappa shape index (κ3) is 5.41. The molecule has 0 saturated heterocycles. The Morgan fingerprint density at radius 2 is 1.55 bits per heavy atom. The zero-order valence-electron chi connectivity index (χ0n) is 14.5. The molecule has 120 valence electrons. The molecule has 4 nitrogen and oxygen atoms in total. The molecular weight excluding hydrogens is 256 g/mol. The molecule has 0 saturated carbocycles. The molecule has 0 aliphatic rings. The van der Waals surface area contributed by atoms with E-state index in [1.54, 1.807) is 0 Å². The largest absolute Gasteiger partial charge is 0.352 e. The smallest absolute Gasteiger partial charge is 0.268 e. The monoisotopic (exact) mass is 288 g/mol. The van der Waals surface area contributed by atoms with Crippen molar-refractivity contribution in [3.63, 3.8) is 0 Å². The van der Waals surface area contributed by atoms with Crippen LogP contribution in [-0.4, -0.2) is 11.6 Å². The number of carbonyl (C=O) groups is 1.